The number of rotatable bonds is 4. The molecule has 34 heavy (non-hydrogen) atoms. The van der Waals surface area contributed by atoms with Gasteiger partial charge in [0.2, 0.25) is 17.5 Å². The van der Waals surface area contributed by atoms with E-state index in [9.17, 15) is 50.8 Å². The van der Waals surface area contributed by atoms with Crippen molar-refractivity contribution in [1.82, 2.24) is 0 Å². The van der Waals surface area contributed by atoms with E-state index in [1.165, 1.54) is 0 Å². The molecule has 3 aromatic rings. The lowest BCUT2D eigenvalue weighted by Gasteiger charge is -2.39. The maximum atomic E-state index is 13.3. The maximum Gasteiger partial charge on any atom is 0.239 e. The second-order valence-electron chi connectivity index (χ2n) is 7.61. The van der Waals surface area contributed by atoms with E-state index < -0.39 is 88.4 Å². The third kappa shape index (κ3) is 3.81. The molecule has 1 fully saturated rings. The molecule has 2 unspecified atom stereocenters. The molecule has 2 heterocycles. The molecule has 0 amide bonds. The van der Waals surface area contributed by atoms with Gasteiger partial charge in [-0.05, 0) is 12.1 Å². The Hall–Kier alpha value is -3.75. The Bertz CT molecular complexity index is 1280. The zero-order valence-electron chi connectivity index (χ0n) is 17.1. The van der Waals surface area contributed by atoms with Crippen LogP contribution in [0.25, 0.3) is 22.3 Å². The molecule has 0 bridgehead atoms. The lowest BCUT2D eigenvalue weighted by molar-refractivity contribution is -0.277. The number of hydrogen-bond donors (Lipinski definition) is 9. The van der Waals surface area contributed by atoms with Crippen LogP contribution in [0.2, 0.25) is 0 Å². The molecule has 9 N–H and O–H groups in total. The van der Waals surface area contributed by atoms with E-state index in [1.54, 1.807) is 0 Å². The number of phenols is 5. The van der Waals surface area contributed by atoms with E-state index in [-0.39, 0.29) is 11.1 Å². The average molecular weight is 480 g/mol. The van der Waals surface area contributed by atoms with E-state index in [2.05, 4.69) is 0 Å². The second-order valence-corrected chi connectivity index (χ2v) is 7.61. The van der Waals surface area contributed by atoms with Crippen LogP contribution in [0.15, 0.2) is 33.5 Å². The predicted molar refractivity (Wildman–Crippen MR) is 111 cm³/mol. The minimum Gasteiger partial charge on any atom is -0.508 e. The van der Waals surface area contributed by atoms with Gasteiger partial charge in [0.15, 0.2) is 23.0 Å². The van der Waals surface area contributed by atoms with Crippen LogP contribution < -0.4 is 10.2 Å². The number of fused-ring (bicyclic) bond motifs is 1. The normalized spacial score (nSPS) is 24.9. The summed E-state index contributed by atoms with van der Waals surface area (Å²) in [5.41, 5.74) is -1.59. The first-order chi connectivity index (χ1) is 16.0. The zero-order chi connectivity index (χ0) is 24.9. The van der Waals surface area contributed by atoms with Crippen molar-refractivity contribution in [2.45, 2.75) is 30.7 Å². The summed E-state index contributed by atoms with van der Waals surface area (Å²) < 4.78 is 16.3. The summed E-state index contributed by atoms with van der Waals surface area (Å²) in [7, 11) is 0. The van der Waals surface area contributed by atoms with E-state index in [0.29, 0.717) is 0 Å². The fraction of sp³-hybridized carbons (Fsp3) is 0.286. The van der Waals surface area contributed by atoms with E-state index >= 15 is 0 Å². The molecule has 5 atom stereocenters. The molecule has 13 heteroatoms. The number of phenolic OH excluding ortho intramolecular Hbond substituents is 5. The Morgan fingerprint density at radius 2 is 1.50 bits per heavy atom. The molecule has 0 saturated carbocycles. The van der Waals surface area contributed by atoms with E-state index in [1.807, 2.05) is 0 Å². The van der Waals surface area contributed by atoms with Crippen LogP contribution in [0.1, 0.15) is 0 Å². The second kappa shape index (κ2) is 8.55. The SMILES string of the molecule is O=c1c(O[C@@H]2O[C@H](CO)[C@H](O)C(O)C2O)c(-c2cc(O)c(O)c(O)c2)oc2cc(O)cc(O)c12. The minimum absolute atomic E-state index is 0.214. The highest BCUT2D eigenvalue weighted by molar-refractivity contribution is 5.88. The van der Waals surface area contributed by atoms with Gasteiger partial charge in [-0.1, -0.05) is 0 Å². The number of hydrogen-bond acceptors (Lipinski definition) is 13. The third-order valence-electron chi connectivity index (χ3n) is 5.33. The van der Waals surface area contributed by atoms with Crippen molar-refractivity contribution in [3.63, 3.8) is 0 Å². The number of benzene rings is 2. The first kappa shape index (κ1) is 23.4. The largest absolute Gasteiger partial charge is 0.508 e. The highest BCUT2D eigenvalue weighted by Crippen LogP contribution is 2.43. The topological polar surface area (TPSA) is 231 Å². The van der Waals surface area contributed by atoms with Crippen molar-refractivity contribution in [1.29, 1.82) is 0 Å². The Kier molecular flexibility index (Phi) is 5.89. The van der Waals surface area contributed by atoms with Crippen LogP contribution in [0.5, 0.6) is 34.5 Å². The molecular formula is C21H20O13. The van der Waals surface area contributed by atoms with Gasteiger partial charge < -0.3 is 59.8 Å². The molecule has 0 aliphatic carbocycles. The molecule has 0 spiro atoms. The number of aliphatic hydroxyl groups excluding tert-OH is 4. The van der Waals surface area contributed by atoms with Crippen molar-refractivity contribution in [2.75, 3.05) is 6.61 Å². The summed E-state index contributed by atoms with van der Waals surface area (Å²) in [6.07, 6.45) is -8.64. The van der Waals surface area contributed by atoms with E-state index in [4.69, 9.17) is 13.9 Å². The van der Waals surface area contributed by atoms with Gasteiger partial charge in [0, 0.05) is 17.7 Å². The standard InChI is InChI=1S/C21H20O13/c22-5-12-15(28)17(30)18(31)21(33-12)34-20-16(29)13-8(24)3-7(23)4-11(13)32-19(20)6-1-9(25)14(27)10(26)2-6/h1-4,12,15,17-18,21-28,30-31H,5H2/t12-,15+,17?,18?,21+/m1/s1. The Balaban J connectivity index is 1.94. The summed E-state index contributed by atoms with van der Waals surface area (Å²) in [6, 6.07) is 3.66. The van der Waals surface area contributed by atoms with Gasteiger partial charge in [-0.15, -0.1) is 0 Å². The number of ether oxygens (including phenoxy) is 2. The van der Waals surface area contributed by atoms with Gasteiger partial charge in [0.05, 0.1) is 6.61 Å². The molecule has 182 valence electrons. The maximum absolute atomic E-state index is 13.3. The molecule has 2 aromatic carbocycles. The van der Waals surface area contributed by atoms with Crippen molar-refractivity contribution in [2.24, 2.45) is 0 Å². The van der Waals surface area contributed by atoms with Gasteiger partial charge >= 0.3 is 0 Å². The van der Waals surface area contributed by atoms with Gasteiger partial charge in [-0.25, -0.2) is 0 Å². The Labute approximate surface area is 189 Å². The summed E-state index contributed by atoms with van der Waals surface area (Å²) in [4.78, 5) is 13.3. The van der Waals surface area contributed by atoms with Crippen LogP contribution >= 0.6 is 0 Å². The highest BCUT2D eigenvalue weighted by atomic mass is 16.7. The third-order valence-corrected chi connectivity index (χ3v) is 5.33. The molecule has 1 aliphatic heterocycles. The Morgan fingerprint density at radius 1 is 0.853 bits per heavy atom. The average Bonchev–Trinajstić information content (AvgIpc) is 2.78. The van der Waals surface area contributed by atoms with Crippen LogP contribution in [0.3, 0.4) is 0 Å². The molecule has 1 saturated heterocycles. The van der Waals surface area contributed by atoms with Gasteiger partial charge in [0.25, 0.3) is 0 Å². The fourth-order valence-corrected chi connectivity index (χ4v) is 3.58. The zero-order valence-corrected chi connectivity index (χ0v) is 17.1. The Morgan fingerprint density at radius 3 is 2.12 bits per heavy atom. The van der Waals surface area contributed by atoms with Crippen LogP contribution in [0, 0.1) is 0 Å². The molecule has 4 rings (SSSR count). The first-order valence-corrected chi connectivity index (χ1v) is 9.78. The fourth-order valence-electron chi connectivity index (χ4n) is 3.58. The van der Waals surface area contributed by atoms with Crippen LogP contribution in [0.4, 0.5) is 0 Å². The molecular weight excluding hydrogens is 460 g/mol. The van der Waals surface area contributed by atoms with Crippen LogP contribution in [-0.2, 0) is 4.74 Å². The summed E-state index contributed by atoms with van der Waals surface area (Å²) in [5, 5.41) is 88.6. The summed E-state index contributed by atoms with van der Waals surface area (Å²) in [6.45, 7) is -0.774. The smallest absolute Gasteiger partial charge is 0.239 e. The van der Waals surface area contributed by atoms with Gasteiger partial charge in [-0.2, -0.15) is 0 Å². The quantitative estimate of drug-likeness (QED) is 0.208. The highest BCUT2D eigenvalue weighted by Gasteiger charge is 2.45. The summed E-state index contributed by atoms with van der Waals surface area (Å²) >= 11 is 0. The lowest BCUT2D eigenvalue weighted by Crippen LogP contribution is -2.60. The molecule has 13 nitrogen and oxygen atoms in total. The van der Waals surface area contributed by atoms with Crippen molar-refractivity contribution in [3.05, 3.63) is 34.5 Å². The predicted octanol–water partition coefficient (Wildman–Crippen LogP) is -0.833. The van der Waals surface area contributed by atoms with Crippen molar-refractivity contribution < 1.29 is 59.8 Å². The lowest BCUT2D eigenvalue weighted by atomic mass is 9.99. The van der Waals surface area contributed by atoms with Gasteiger partial charge in [-0.3, -0.25) is 4.79 Å². The van der Waals surface area contributed by atoms with Crippen molar-refractivity contribution >= 4 is 11.0 Å². The monoisotopic (exact) mass is 480 g/mol. The first-order valence-electron chi connectivity index (χ1n) is 9.78. The number of aliphatic hydroxyl groups is 4. The molecule has 0 radical (unpaired) electrons. The molecule has 1 aliphatic rings. The van der Waals surface area contributed by atoms with Crippen molar-refractivity contribution in [3.8, 4) is 45.8 Å². The molecule has 1 aromatic heterocycles. The summed E-state index contributed by atoms with van der Waals surface area (Å²) in [5.74, 6) is -4.83. The minimum atomic E-state index is -1.91. The van der Waals surface area contributed by atoms with Gasteiger partial charge in [0.1, 0.15) is 46.9 Å². The number of aromatic hydroxyl groups is 5. The van der Waals surface area contributed by atoms with Crippen LogP contribution in [-0.4, -0.2) is 83.3 Å². The van der Waals surface area contributed by atoms with E-state index in [0.717, 1.165) is 24.3 Å².